The number of imidazole rings is 1. The van der Waals surface area contributed by atoms with Crippen molar-refractivity contribution in [3.63, 3.8) is 0 Å². The van der Waals surface area contributed by atoms with Crippen LogP contribution in [0.15, 0.2) is 36.4 Å². The minimum absolute atomic E-state index is 0.0716. The van der Waals surface area contributed by atoms with Crippen LogP contribution >= 0.6 is 11.6 Å². The van der Waals surface area contributed by atoms with Crippen molar-refractivity contribution in [3.8, 4) is 22.9 Å². The third-order valence-corrected chi connectivity index (χ3v) is 3.47. The van der Waals surface area contributed by atoms with Crippen molar-refractivity contribution >= 4 is 22.6 Å². The molecule has 0 spiro atoms. The number of halogens is 1. The van der Waals surface area contributed by atoms with Crippen LogP contribution in [0.25, 0.3) is 22.4 Å². The van der Waals surface area contributed by atoms with Gasteiger partial charge in [0.2, 0.25) is 0 Å². The third-order valence-electron chi connectivity index (χ3n) is 3.18. The number of rotatable bonds is 3. The van der Waals surface area contributed by atoms with E-state index in [0.717, 1.165) is 22.4 Å². The third kappa shape index (κ3) is 2.08. The Kier molecular flexibility index (Phi) is 3.24. The minimum atomic E-state index is 0.0716. The normalized spacial score (nSPS) is 10.9. The Balaban J connectivity index is 2.18. The number of aromatic amines is 1. The van der Waals surface area contributed by atoms with Crippen LogP contribution in [0.1, 0.15) is 5.56 Å². The fourth-order valence-electron chi connectivity index (χ4n) is 2.15. The molecule has 102 valence electrons. The Hall–Kier alpha value is -2.20. The summed E-state index contributed by atoms with van der Waals surface area (Å²) < 4.78 is 5.17. The number of phenols is 1. The number of hydrogen-bond donors (Lipinski definition) is 2. The second-order valence-corrected chi connectivity index (χ2v) is 4.69. The van der Waals surface area contributed by atoms with Gasteiger partial charge >= 0.3 is 0 Å². The molecule has 0 radical (unpaired) electrons. The molecule has 0 amide bonds. The number of fused-ring (bicyclic) bond motifs is 1. The number of nitrogens with one attached hydrogen (secondary N) is 1. The molecule has 2 aromatic carbocycles. The molecular formula is C15H13ClN2O2. The second-order valence-electron chi connectivity index (χ2n) is 4.42. The molecule has 4 nitrogen and oxygen atoms in total. The summed E-state index contributed by atoms with van der Waals surface area (Å²) >= 11 is 5.85. The first kappa shape index (κ1) is 12.8. The Labute approximate surface area is 121 Å². The summed E-state index contributed by atoms with van der Waals surface area (Å²) in [7, 11) is 1.51. The Morgan fingerprint density at radius 3 is 2.80 bits per heavy atom. The molecule has 0 bridgehead atoms. The van der Waals surface area contributed by atoms with Crippen LogP contribution in [-0.4, -0.2) is 22.2 Å². The summed E-state index contributed by atoms with van der Waals surface area (Å²) in [4.78, 5) is 7.77. The number of nitrogens with zero attached hydrogens (tertiary/aromatic N) is 1. The number of benzene rings is 2. The van der Waals surface area contributed by atoms with Crippen molar-refractivity contribution in [1.82, 2.24) is 9.97 Å². The molecule has 3 rings (SSSR count). The van der Waals surface area contributed by atoms with Gasteiger partial charge < -0.3 is 14.8 Å². The van der Waals surface area contributed by atoms with Gasteiger partial charge in [0.25, 0.3) is 0 Å². The van der Waals surface area contributed by atoms with E-state index in [1.54, 1.807) is 6.07 Å². The fourth-order valence-corrected chi connectivity index (χ4v) is 2.35. The van der Waals surface area contributed by atoms with Crippen LogP contribution in [0.2, 0.25) is 0 Å². The summed E-state index contributed by atoms with van der Waals surface area (Å²) in [6.45, 7) is 0. The van der Waals surface area contributed by atoms with Gasteiger partial charge in [-0.1, -0.05) is 12.1 Å². The summed E-state index contributed by atoms with van der Waals surface area (Å²) in [5, 5.41) is 9.96. The number of hydrogen-bond acceptors (Lipinski definition) is 3. The monoisotopic (exact) mass is 288 g/mol. The second kappa shape index (κ2) is 5.06. The highest BCUT2D eigenvalue weighted by Gasteiger charge is 2.13. The molecule has 0 saturated heterocycles. The number of alkyl halides is 1. The van der Waals surface area contributed by atoms with Crippen LogP contribution < -0.4 is 4.74 Å². The number of aromatic hydroxyl groups is 1. The summed E-state index contributed by atoms with van der Waals surface area (Å²) in [6.07, 6.45) is 0. The van der Waals surface area contributed by atoms with Gasteiger partial charge in [-0.05, 0) is 24.3 Å². The highest BCUT2D eigenvalue weighted by atomic mass is 35.5. The molecule has 0 unspecified atom stereocenters. The van der Waals surface area contributed by atoms with Gasteiger partial charge in [-0.2, -0.15) is 0 Å². The number of phenolic OH excluding ortho intramolecular Hbond substituents is 1. The first-order chi connectivity index (χ1) is 9.72. The van der Waals surface area contributed by atoms with Crippen molar-refractivity contribution in [1.29, 1.82) is 0 Å². The topological polar surface area (TPSA) is 58.1 Å². The molecular weight excluding hydrogens is 276 g/mol. The summed E-state index contributed by atoms with van der Waals surface area (Å²) in [5.41, 5.74) is 3.29. The summed E-state index contributed by atoms with van der Waals surface area (Å²) in [5.74, 6) is 1.38. The van der Waals surface area contributed by atoms with Crippen molar-refractivity contribution in [2.75, 3.05) is 7.11 Å². The maximum Gasteiger partial charge on any atom is 0.162 e. The van der Waals surface area contributed by atoms with Gasteiger partial charge in [0, 0.05) is 11.1 Å². The lowest BCUT2D eigenvalue weighted by Gasteiger charge is -2.09. The van der Waals surface area contributed by atoms with Gasteiger partial charge in [-0.15, -0.1) is 11.6 Å². The molecule has 0 aliphatic rings. The molecule has 0 aliphatic heterocycles. The average molecular weight is 289 g/mol. The highest BCUT2D eigenvalue weighted by molar-refractivity contribution is 6.17. The predicted octanol–water partition coefficient (Wildman–Crippen LogP) is 3.68. The van der Waals surface area contributed by atoms with Gasteiger partial charge in [0.05, 0.1) is 24.0 Å². The quantitative estimate of drug-likeness (QED) is 0.723. The molecule has 2 N–H and O–H groups in total. The van der Waals surface area contributed by atoms with Crippen LogP contribution in [0, 0.1) is 0 Å². The van der Waals surface area contributed by atoms with Crippen molar-refractivity contribution in [3.05, 3.63) is 42.0 Å². The average Bonchev–Trinajstić information content (AvgIpc) is 2.91. The lowest BCUT2D eigenvalue weighted by Crippen LogP contribution is -1.91. The van der Waals surface area contributed by atoms with Crippen LogP contribution in [-0.2, 0) is 5.88 Å². The van der Waals surface area contributed by atoms with E-state index in [0.29, 0.717) is 11.3 Å². The number of methoxy groups -OCH3 is 1. The van der Waals surface area contributed by atoms with E-state index >= 15 is 0 Å². The number of ether oxygens (including phenoxy) is 1. The summed E-state index contributed by atoms with van der Waals surface area (Å²) in [6, 6.07) is 11.3. The smallest absolute Gasteiger partial charge is 0.162 e. The lowest BCUT2D eigenvalue weighted by molar-refractivity contribution is 0.371. The van der Waals surface area contributed by atoms with Gasteiger partial charge in [0.15, 0.2) is 11.5 Å². The molecule has 0 aliphatic carbocycles. The molecule has 0 atom stereocenters. The molecule has 5 heteroatoms. The van der Waals surface area contributed by atoms with Gasteiger partial charge in [-0.25, -0.2) is 4.98 Å². The maximum atomic E-state index is 9.96. The number of aromatic nitrogens is 2. The van der Waals surface area contributed by atoms with E-state index in [1.165, 1.54) is 7.11 Å². The van der Waals surface area contributed by atoms with Crippen molar-refractivity contribution < 1.29 is 9.84 Å². The van der Waals surface area contributed by atoms with Crippen molar-refractivity contribution in [2.24, 2.45) is 0 Å². The molecule has 1 aromatic heterocycles. The zero-order valence-electron chi connectivity index (χ0n) is 10.9. The van der Waals surface area contributed by atoms with E-state index < -0.39 is 0 Å². The maximum absolute atomic E-state index is 9.96. The SMILES string of the molecule is COc1cc(-c2nc3ccccc3[nH]2)cc(CCl)c1O. The van der Waals surface area contributed by atoms with Crippen LogP contribution in [0.5, 0.6) is 11.5 Å². The minimum Gasteiger partial charge on any atom is -0.504 e. The van der Waals surface area contributed by atoms with Crippen LogP contribution in [0.3, 0.4) is 0 Å². The molecule has 0 saturated carbocycles. The van der Waals surface area contributed by atoms with E-state index in [9.17, 15) is 5.11 Å². The van der Waals surface area contributed by atoms with E-state index in [1.807, 2.05) is 30.3 Å². The van der Waals surface area contributed by atoms with E-state index in [2.05, 4.69) is 9.97 Å². The number of H-pyrrole nitrogens is 1. The highest BCUT2D eigenvalue weighted by Crippen LogP contribution is 2.35. The number of para-hydroxylation sites is 2. The van der Waals surface area contributed by atoms with E-state index in [4.69, 9.17) is 16.3 Å². The van der Waals surface area contributed by atoms with Crippen LogP contribution in [0.4, 0.5) is 0 Å². The van der Waals surface area contributed by atoms with Gasteiger partial charge in [0.1, 0.15) is 5.82 Å². The first-order valence-electron chi connectivity index (χ1n) is 6.14. The molecule has 0 fully saturated rings. The zero-order chi connectivity index (χ0) is 14.1. The standard InChI is InChI=1S/C15H13ClN2O2/c1-20-13-7-9(6-10(8-16)14(13)19)15-17-11-4-2-3-5-12(11)18-15/h2-7,19H,8H2,1H3,(H,17,18). The Bertz CT molecular complexity index is 709. The van der Waals surface area contributed by atoms with Crippen molar-refractivity contribution in [2.45, 2.75) is 5.88 Å². The first-order valence-corrected chi connectivity index (χ1v) is 6.67. The Morgan fingerprint density at radius 2 is 2.10 bits per heavy atom. The lowest BCUT2D eigenvalue weighted by atomic mass is 10.1. The molecule has 1 heterocycles. The molecule has 20 heavy (non-hydrogen) atoms. The van der Waals surface area contributed by atoms with E-state index in [-0.39, 0.29) is 11.6 Å². The zero-order valence-corrected chi connectivity index (χ0v) is 11.6. The predicted molar refractivity (Wildman–Crippen MR) is 79.3 cm³/mol. The van der Waals surface area contributed by atoms with Gasteiger partial charge in [-0.3, -0.25) is 0 Å². The fraction of sp³-hybridized carbons (Fsp3) is 0.133. The Morgan fingerprint density at radius 1 is 1.30 bits per heavy atom. The largest absolute Gasteiger partial charge is 0.504 e. The molecule has 3 aromatic rings.